The third-order valence-electron chi connectivity index (χ3n) is 1.43. The van der Waals surface area contributed by atoms with E-state index in [-0.39, 0.29) is 13.0 Å². The molecule has 0 unspecified atom stereocenters. The minimum absolute atomic E-state index is 0.0419. The molecule has 0 aliphatic heterocycles. The molecule has 1 rings (SSSR count). The van der Waals surface area contributed by atoms with Crippen molar-refractivity contribution < 1.29 is 13.5 Å². The van der Waals surface area contributed by atoms with Crippen LogP contribution in [0.5, 0.6) is 5.75 Å². The molecule has 4 heteroatoms. The Bertz CT molecular complexity index is 266. The van der Waals surface area contributed by atoms with Gasteiger partial charge in [0.05, 0.1) is 11.1 Å². The molecule has 0 saturated carbocycles. The first-order valence-corrected chi connectivity index (χ1v) is 4.65. The van der Waals surface area contributed by atoms with Crippen molar-refractivity contribution in [3.05, 3.63) is 28.7 Å². The zero-order valence-electron chi connectivity index (χ0n) is 6.84. The van der Waals surface area contributed by atoms with E-state index in [9.17, 15) is 8.78 Å². The summed E-state index contributed by atoms with van der Waals surface area (Å²) in [5.41, 5.74) is 0. The smallest absolute Gasteiger partial charge is 0.241 e. The van der Waals surface area contributed by atoms with Crippen LogP contribution in [-0.2, 0) is 0 Å². The summed E-state index contributed by atoms with van der Waals surface area (Å²) in [5.74, 6) is 0.600. The topological polar surface area (TPSA) is 9.23 Å². The van der Waals surface area contributed by atoms with E-state index in [4.69, 9.17) is 4.74 Å². The van der Waals surface area contributed by atoms with Crippen molar-refractivity contribution >= 4 is 15.9 Å². The first-order valence-electron chi connectivity index (χ1n) is 3.85. The van der Waals surface area contributed by atoms with Crippen LogP contribution >= 0.6 is 15.9 Å². The zero-order valence-corrected chi connectivity index (χ0v) is 8.43. The number of benzene rings is 1. The Kier molecular flexibility index (Phi) is 4.15. The van der Waals surface area contributed by atoms with Crippen molar-refractivity contribution in [2.45, 2.75) is 12.8 Å². The van der Waals surface area contributed by atoms with Gasteiger partial charge in [-0.05, 0) is 28.1 Å². The normalized spacial score (nSPS) is 10.5. The number of para-hydroxylation sites is 1. The Balaban J connectivity index is 2.41. The summed E-state index contributed by atoms with van der Waals surface area (Å²) < 4.78 is 29.4. The van der Waals surface area contributed by atoms with E-state index in [0.29, 0.717) is 5.75 Å². The predicted molar refractivity (Wildman–Crippen MR) is 50.3 cm³/mol. The standard InChI is InChI=1S/C9H9BrF2O/c10-7-3-1-2-4-8(7)13-6-5-9(11)12/h1-4,9H,5-6H2. The van der Waals surface area contributed by atoms with Gasteiger partial charge in [-0.15, -0.1) is 0 Å². The summed E-state index contributed by atoms with van der Waals surface area (Å²) in [6.07, 6.45) is -2.54. The lowest BCUT2D eigenvalue weighted by molar-refractivity contribution is 0.114. The van der Waals surface area contributed by atoms with E-state index in [1.807, 2.05) is 6.07 Å². The third-order valence-corrected chi connectivity index (χ3v) is 2.09. The molecule has 1 nitrogen and oxygen atoms in total. The lowest BCUT2D eigenvalue weighted by Crippen LogP contribution is -2.03. The van der Waals surface area contributed by atoms with Crippen molar-refractivity contribution in [3.63, 3.8) is 0 Å². The molecule has 0 radical (unpaired) electrons. The molecule has 0 bridgehead atoms. The Morgan fingerprint density at radius 2 is 2.00 bits per heavy atom. The molecule has 0 spiro atoms. The third kappa shape index (κ3) is 3.72. The average Bonchev–Trinajstić information content (AvgIpc) is 2.08. The highest BCUT2D eigenvalue weighted by Gasteiger charge is 2.03. The van der Waals surface area contributed by atoms with Crippen molar-refractivity contribution in [2.24, 2.45) is 0 Å². The Labute approximate surface area is 83.8 Å². The predicted octanol–water partition coefficient (Wildman–Crippen LogP) is 3.48. The quantitative estimate of drug-likeness (QED) is 0.795. The molecular formula is C9H9BrF2O. The number of alkyl halides is 2. The van der Waals surface area contributed by atoms with Gasteiger partial charge in [-0.25, -0.2) is 8.78 Å². The van der Waals surface area contributed by atoms with Crippen LogP contribution in [0.3, 0.4) is 0 Å². The van der Waals surface area contributed by atoms with Crippen molar-refractivity contribution in [3.8, 4) is 5.75 Å². The fraction of sp³-hybridized carbons (Fsp3) is 0.333. The molecule has 1 aromatic rings. The maximum atomic E-state index is 11.7. The van der Waals surface area contributed by atoms with E-state index in [1.54, 1.807) is 18.2 Å². The maximum Gasteiger partial charge on any atom is 0.241 e. The minimum atomic E-state index is -2.30. The number of rotatable bonds is 4. The van der Waals surface area contributed by atoms with Gasteiger partial charge >= 0.3 is 0 Å². The van der Waals surface area contributed by atoms with Gasteiger partial charge < -0.3 is 4.74 Å². The van der Waals surface area contributed by atoms with Crippen molar-refractivity contribution in [2.75, 3.05) is 6.61 Å². The molecule has 0 amide bonds. The number of halogens is 3. The van der Waals surface area contributed by atoms with E-state index < -0.39 is 6.43 Å². The Hall–Kier alpha value is -0.640. The average molecular weight is 251 g/mol. The first-order chi connectivity index (χ1) is 6.20. The molecule has 0 saturated heterocycles. The highest BCUT2D eigenvalue weighted by molar-refractivity contribution is 9.10. The summed E-state index contributed by atoms with van der Waals surface area (Å²) >= 11 is 3.25. The summed E-state index contributed by atoms with van der Waals surface area (Å²) in [5, 5.41) is 0. The van der Waals surface area contributed by atoms with Gasteiger partial charge in [0.25, 0.3) is 0 Å². The minimum Gasteiger partial charge on any atom is -0.492 e. The molecule has 1 aromatic carbocycles. The number of hydrogen-bond acceptors (Lipinski definition) is 1. The van der Waals surface area contributed by atoms with E-state index in [1.165, 1.54) is 0 Å². The second-order valence-corrected chi connectivity index (χ2v) is 3.31. The summed E-state index contributed by atoms with van der Waals surface area (Å²) in [7, 11) is 0. The van der Waals surface area contributed by atoms with Crippen molar-refractivity contribution in [1.29, 1.82) is 0 Å². The van der Waals surface area contributed by atoms with Gasteiger partial charge in [0.1, 0.15) is 5.75 Å². The zero-order chi connectivity index (χ0) is 9.68. The molecule has 0 atom stereocenters. The lowest BCUT2D eigenvalue weighted by atomic mass is 10.3. The van der Waals surface area contributed by atoms with Gasteiger partial charge in [0.2, 0.25) is 6.43 Å². The highest BCUT2D eigenvalue weighted by Crippen LogP contribution is 2.23. The van der Waals surface area contributed by atoms with Crippen LogP contribution in [0.25, 0.3) is 0 Å². The van der Waals surface area contributed by atoms with Gasteiger partial charge in [0, 0.05) is 6.42 Å². The largest absolute Gasteiger partial charge is 0.492 e. The molecule has 0 fully saturated rings. The van der Waals surface area contributed by atoms with E-state index >= 15 is 0 Å². The van der Waals surface area contributed by atoms with Crippen LogP contribution in [0.1, 0.15) is 6.42 Å². The Morgan fingerprint density at radius 1 is 1.31 bits per heavy atom. The monoisotopic (exact) mass is 250 g/mol. The van der Waals surface area contributed by atoms with E-state index in [0.717, 1.165) is 4.47 Å². The molecule has 0 N–H and O–H groups in total. The fourth-order valence-electron chi connectivity index (χ4n) is 0.820. The second kappa shape index (κ2) is 5.17. The van der Waals surface area contributed by atoms with Gasteiger partial charge in [0.15, 0.2) is 0 Å². The molecular weight excluding hydrogens is 242 g/mol. The molecule has 0 aliphatic carbocycles. The highest BCUT2D eigenvalue weighted by atomic mass is 79.9. The molecule has 0 heterocycles. The lowest BCUT2D eigenvalue weighted by Gasteiger charge is -2.06. The summed E-state index contributed by atoms with van der Waals surface area (Å²) in [4.78, 5) is 0. The van der Waals surface area contributed by atoms with Crippen molar-refractivity contribution in [1.82, 2.24) is 0 Å². The van der Waals surface area contributed by atoms with Crippen LogP contribution in [0.15, 0.2) is 28.7 Å². The maximum absolute atomic E-state index is 11.7. The number of ether oxygens (including phenoxy) is 1. The first kappa shape index (κ1) is 10.4. The number of hydrogen-bond donors (Lipinski definition) is 0. The van der Waals surface area contributed by atoms with Crippen LogP contribution in [0, 0.1) is 0 Å². The molecule has 13 heavy (non-hydrogen) atoms. The van der Waals surface area contributed by atoms with Crippen LogP contribution < -0.4 is 4.74 Å². The van der Waals surface area contributed by atoms with E-state index in [2.05, 4.69) is 15.9 Å². The molecule has 0 aliphatic rings. The van der Waals surface area contributed by atoms with Gasteiger partial charge in [-0.1, -0.05) is 12.1 Å². The van der Waals surface area contributed by atoms with Crippen LogP contribution in [0.4, 0.5) is 8.78 Å². The van der Waals surface area contributed by atoms with Crippen LogP contribution in [-0.4, -0.2) is 13.0 Å². The summed E-state index contributed by atoms with van der Waals surface area (Å²) in [6.45, 7) is 0.0419. The van der Waals surface area contributed by atoms with Crippen LogP contribution in [0.2, 0.25) is 0 Å². The molecule has 0 aromatic heterocycles. The Morgan fingerprint density at radius 3 is 2.62 bits per heavy atom. The van der Waals surface area contributed by atoms with Gasteiger partial charge in [-0.3, -0.25) is 0 Å². The SMILES string of the molecule is FC(F)CCOc1ccccc1Br. The fourth-order valence-corrected chi connectivity index (χ4v) is 1.22. The van der Waals surface area contributed by atoms with Gasteiger partial charge in [-0.2, -0.15) is 0 Å². The molecule has 72 valence electrons. The second-order valence-electron chi connectivity index (χ2n) is 2.46. The summed E-state index contributed by atoms with van der Waals surface area (Å²) in [6, 6.07) is 7.17.